The summed E-state index contributed by atoms with van der Waals surface area (Å²) in [6.07, 6.45) is 11.5. The maximum Gasteiger partial charge on any atom is 0.0867 e. The van der Waals surface area contributed by atoms with Gasteiger partial charge in [0.05, 0.1) is 11.5 Å². The molecule has 4 rings (SSSR count). The lowest BCUT2D eigenvalue weighted by molar-refractivity contribution is 0.0973. The average molecular weight is 383 g/mol. The van der Waals surface area contributed by atoms with E-state index in [1.165, 1.54) is 18.4 Å². The highest BCUT2D eigenvalue weighted by Crippen LogP contribution is 2.47. The van der Waals surface area contributed by atoms with Gasteiger partial charge < -0.3 is 0 Å². The van der Waals surface area contributed by atoms with Crippen molar-refractivity contribution in [2.45, 2.75) is 49.7 Å². The summed E-state index contributed by atoms with van der Waals surface area (Å²) < 4.78 is 0.946. The molecule has 2 atom stereocenters. The Bertz CT molecular complexity index is 756. The molecule has 2 bridgehead atoms. The van der Waals surface area contributed by atoms with Gasteiger partial charge in [0.1, 0.15) is 0 Å². The number of rotatable bonds is 3. The summed E-state index contributed by atoms with van der Waals surface area (Å²) in [5, 5.41) is 10.0. The molecule has 0 amide bonds. The minimum absolute atomic E-state index is 0.405. The van der Waals surface area contributed by atoms with Crippen molar-refractivity contribution in [1.29, 1.82) is 5.26 Å². The lowest BCUT2D eigenvalue weighted by Crippen LogP contribution is -2.48. The van der Waals surface area contributed by atoms with Gasteiger partial charge in [0.2, 0.25) is 0 Å². The van der Waals surface area contributed by atoms with Crippen LogP contribution in [0.3, 0.4) is 0 Å². The summed E-state index contributed by atoms with van der Waals surface area (Å²) in [7, 11) is 0. The third-order valence-electron chi connectivity index (χ3n) is 5.53. The van der Waals surface area contributed by atoms with E-state index >= 15 is 0 Å². The first kappa shape index (κ1) is 15.7. The molecule has 2 aliphatic heterocycles. The monoisotopic (exact) mass is 382 g/mol. The van der Waals surface area contributed by atoms with Crippen molar-refractivity contribution < 1.29 is 0 Å². The zero-order valence-corrected chi connectivity index (χ0v) is 15.0. The summed E-state index contributed by atoms with van der Waals surface area (Å²) in [4.78, 5) is 11.0. The van der Waals surface area contributed by atoms with Gasteiger partial charge in [-0.2, -0.15) is 5.26 Å². The third kappa shape index (κ3) is 2.74. The first-order chi connectivity index (χ1) is 11.7. The van der Waals surface area contributed by atoms with Crippen LogP contribution in [0.5, 0.6) is 0 Å². The molecule has 0 radical (unpaired) electrons. The van der Waals surface area contributed by atoms with E-state index in [1.807, 2.05) is 18.6 Å². The maximum absolute atomic E-state index is 10.0. The van der Waals surface area contributed by atoms with Gasteiger partial charge in [-0.1, -0.05) is 0 Å². The van der Waals surface area contributed by atoms with E-state index in [0.29, 0.717) is 12.1 Å². The van der Waals surface area contributed by atoms with E-state index in [2.05, 4.69) is 55.1 Å². The molecule has 2 saturated heterocycles. The van der Waals surface area contributed by atoms with E-state index in [0.717, 1.165) is 29.4 Å². The molecular weight excluding hydrogens is 364 g/mol. The van der Waals surface area contributed by atoms with Gasteiger partial charge in [0.25, 0.3) is 0 Å². The number of halogens is 1. The molecule has 122 valence electrons. The van der Waals surface area contributed by atoms with E-state index in [4.69, 9.17) is 0 Å². The number of fused-ring (bicyclic) bond motifs is 2. The molecule has 0 saturated carbocycles. The Morgan fingerprint density at radius 2 is 1.88 bits per heavy atom. The zero-order valence-electron chi connectivity index (χ0n) is 13.4. The predicted octanol–water partition coefficient (Wildman–Crippen LogP) is 3.83. The second-order valence-corrected chi connectivity index (χ2v) is 7.82. The topological polar surface area (TPSA) is 52.8 Å². The van der Waals surface area contributed by atoms with Crippen LogP contribution in [0.1, 0.15) is 36.8 Å². The Balaban J connectivity index is 1.60. The Morgan fingerprint density at radius 3 is 2.50 bits per heavy atom. The first-order valence-electron chi connectivity index (χ1n) is 8.37. The lowest BCUT2D eigenvalue weighted by Gasteiger charge is -2.43. The van der Waals surface area contributed by atoms with Crippen molar-refractivity contribution >= 4 is 15.9 Å². The predicted molar refractivity (Wildman–Crippen MR) is 95.1 cm³/mol. The molecule has 2 unspecified atom stereocenters. The Kier molecular flexibility index (Phi) is 4.11. The van der Waals surface area contributed by atoms with Crippen molar-refractivity contribution in [3.8, 4) is 6.07 Å². The second kappa shape index (κ2) is 6.27. The average Bonchev–Trinajstić information content (AvgIpc) is 2.85. The SMILES string of the molecule is N#CC1(c2cncc(Br)c2)CC2CCC(C1)N2Cc1ccncc1. The Hall–Kier alpha value is -1.77. The molecule has 0 spiro atoms. The van der Waals surface area contributed by atoms with Crippen LogP contribution in [0.15, 0.2) is 47.5 Å². The fourth-order valence-corrected chi connectivity index (χ4v) is 4.73. The summed E-state index contributed by atoms with van der Waals surface area (Å²) in [5.41, 5.74) is 1.95. The second-order valence-electron chi connectivity index (χ2n) is 6.91. The van der Waals surface area contributed by atoms with Gasteiger partial charge in [0.15, 0.2) is 0 Å². The lowest BCUT2D eigenvalue weighted by atomic mass is 9.71. The van der Waals surface area contributed by atoms with Gasteiger partial charge in [-0.05, 0) is 70.9 Å². The van der Waals surface area contributed by atoms with Crippen molar-refractivity contribution in [3.63, 3.8) is 0 Å². The summed E-state index contributed by atoms with van der Waals surface area (Å²) in [5.74, 6) is 0. The fraction of sp³-hybridized carbons (Fsp3) is 0.421. The molecule has 2 aromatic rings. The van der Waals surface area contributed by atoms with Gasteiger partial charge in [-0.3, -0.25) is 14.9 Å². The molecule has 2 fully saturated rings. The number of hydrogen-bond acceptors (Lipinski definition) is 4. The van der Waals surface area contributed by atoms with Gasteiger partial charge in [0, 0.05) is 47.9 Å². The van der Waals surface area contributed by atoms with Crippen LogP contribution in [0.2, 0.25) is 0 Å². The quantitative estimate of drug-likeness (QED) is 0.809. The molecule has 0 aromatic carbocycles. The van der Waals surface area contributed by atoms with Crippen LogP contribution < -0.4 is 0 Å². The smallest absolute Gasteiger partial charge is 0.0867 e. The van der Waals surface area contributed by atoms with Crippen LogP contribution in [-0.2, 0) is 12.0 Å². The molecule has 5 heteroatoms. The van der Waals surface area contributed by atoms with Crippen molar-refractivity contribution in [3.05, 3.63) is 58.6 Å². The van der Waals surface area contributed by atoms with Gasteiger partial charge >= 0.3 is 0 Å². The molecule has 2 aliphatic rings. The highest BCUT2D eigenvalue weighted by atomic mass is 79.9. The highest BCUT2D eigenvalue weighted by Gasteiger charge is 2.49. The number of hydrogen-bond donors (Lipinski definition) is 0. The Labute approximate surface area is 150 Å². The van der Waals surface area contributed by atoms with E-state index < -0.39 is 5.41 Å². The fourth-order valence-electron chi connectivity index (χ4n) is 4.36. The number of pyridine rings is 2. The number of nitriles is 1. The number of piperidine rings is 1. The van der Waals surface area contributed by atoms with Crippen LogP contribution in [0, 0.1) is 11.3 Å². The van der Waals surface area contributed by atoms with Gasteiger partial charge in [-0.25, -0.2) is 0 Å². The molecule has 0 N–H and O–H groups in total. The van der Waals surface area contributed by atoms with Crippen LogP contribution in [0.4, 0.5) is 0 Å². The van der Waals surface area contributed by atoms with E-state index in [9.17, 15) is 5.26 Å². The third-order valence-corrected chi connectivity index (χ3v) is 5.96. The van der Waals surface area contributed by atoms with Crippen molar-refractivity contribution in [1.82, 2.24) is 14.9 Å². The molecule has 4 heterocycles. The van der Waals surface area contributed by atoms with Crippen LogP contribution in [0.25, 0.3) is 0 Å². The van der Waals surface area contributed by atoms with E-state index in [1.54, 1.807) is 6.20 Å². The van der Waals surface area contributed by atoms with Crippen molar-refractivity contribution in [2.24, 2.45) is 0 Å². The molecule has 0 aliphatic carbocycles. The van der Waals surface area contributed by atoms with Crippen LogP contribution in [-0.4, -0.2) is 27.0 Å². The summed E-state index contributed by atoms with van der Waals surface area (Å²) in [6, 6.07) is 9.82. The Morgan fingerprint density at radius 1 is 1.17 bits per heavy atom. The molecular formula is C19H19BrN4. The van der Waals surface area contributed by atoms with E-state index in [-0.39, 0.29) is 0 Å². The van der Waals surface area contributed by atoms with Crippen molar-refractivity contribution in [2.75, 3.05) is 0 Å². The van der Waals surface area contributed by atoms with Crippen LogP contribution >= 0.6 is 15.9 Å². The minimum Gasteiger partial charge on any atom is -0.293 e. The number of aromatic nitrogens is 2. The maximum atomic E-state index is 10.0. The zero-order chi connectivity index (χ0) is 16.6. The number of nitrogens with zero attached hydrogens (tertiary/aromatic N) is 4. The largest absolute Gasteiger partial charge is 0.293 e. The summed E-state index contributed by atoms with van der Waals surface area (Å²) >= 11 is 3.50. The van der Waals surface area contributed by atoms with Gasteiger partial charge in [-0.15, -0.1) is 0 Å². The summed E-state index contributed by atoms with van der Waals surface area (Å²) in [6.45, 7) is 0.954. The first-order valence-corrected chi connectivity index (χ1v) is 9.16. The molecule has 4 nitrogen and oxygen atoms in total. The minimum atomic E-state index is -0.405. The molecule has 24 heavy (non-hydrogen) atoms. The highest BCUT2D eigenvalue weighted by molar-refractivity contribution is 9.10. The standard InChI is InChI=1S/C19H19BrN4/c20-16-7-15(10-23-11-16)19(13-21)8-17-1-2-18(9-19)24(17)12-14-3-5-22-6-4-14/h3-7,10-11,17-18H,1-2,8-9,12H2. The molecule has 2 aromatic heterocycles. The normalized spacial score (nSPS) is 29.3.